The zero-order valence-corrected chi connectivity index (χ0v) is 10.8. The highest BCUT2D eigenvalue weighted by molar-refractivity contribution is 7.89. The first kappa shape index (κ1) is 13.4. The zero-order valence-electron chi connectivity index (χ0n) is 9.20. The maximum absolute atomic E-state index is 11.8. The first-order chi connectivity index (χ1) is 7.36. The molecule has 90 valence electrons. The van der Waals surface area contributed by atoms with Crippen LogP contribution in [0.2, 0.25) is 5.02 Å². The van der Waals surface area contributed by atoms with E-state index in [0.29, 0.717) is 6.54 Å². The van der Waals surface area contributed by atoms with Crippen LogP contribution < -0.4 is 10.5 Å². The Labute approximate surface area is 101 Å². The summed E-state index contributed by atoms with van der Waals surface area (Å²) in [6.45, 7) is 3.83. The summed E-state index contributed by atoms with van der Waals surface area (Å²) in [6.07, 6.45) is 0. The molecule has 0 saturated heterocycles. The number of nitrogens with one attached hydrogen (secondary N) is 1. The quantitative estimate of drug-likeness (QED) is 0.863. The number of rotatable bonds is 4. The first-order valence-electron chi connectivity index (χ1n) is 4.87. The van der Waals surface area contributed by atoms with Crippen LogP contribution in [0.25, 0.3) is 0 Å². The molecular formula is C10H15ClN2O2S. The molecule has 0 heterocycles. The normalized spacial score (nSPS) is 12.1. The third-order valence-corrected chi connectivity index (χ3v) is 4.05. The summed E-state index contributed by atoms with van der Waals surface area (Å²) in [5.74, 6) is 0. The van der Waals surface area contributed by atoms with E-state index in [9.17, 15) is 8.42 Å². The lowest BCUT2D eigenvalue weighted by molar-refractivity contribution is 0.570. The molecule has 0 aromatic heterocycles. The Morgan fingerprint density at radius 3 is 2.50 bits per heavy atom. The molecule has 0 bridgehead atoms. The van der Waals surface area contributed by atoms with Gasteiger partial charge in [-0.2, -0.15) is 0 Å². The Bertz CT molecular complexity index is 472. The summed E-state index contributed by atoms with van der Waals surface area (Å²) in [5.41, 5.74) is 6.23. The van der Waals surface area contributed by atoms with Crippen LogP contribution in [0.1, 0.15) is 19.4 Å². The van der Waals surface area contributed by atoms with Gasteiger partial charge in [0, 0.05) is 12.6 Å². The van der Waals surface area contributed by atoms with E-state index in [2.05, 4.69) is 4.72 Å². The minimum absolute atomic E-state index is 0.0834. The second-order valence-electron chi connectivity index (χ2n) is 3.74. The molecule has 1 aromatic rings. The van der Waals surface area contributed by atoms with Crippen molar-refractivity contribution < 1.29 is 8.42 Å². The fourth-order valence-corrected chi connectivity index (χ4v) is 3.08. The summed E-state index contributed by atoms with van der Waals surface area (Å²) in [4.78, 5) is 0.0834. The summed E-state index contributed by atoms with van der Waals surface area (Å²) < 4.78 is 26.1. The van der Waals surface area contributed by atoms with Gasteiger partial charge in [0.05, 0.1) is 5.02 Å². The van der Waals surface area contributed by atoms with Crippen molar-refractivity contribution in [1.29, 1.82) is 0 Å². The second-order valence-corrected chi connectivity index (χ2v) is 5.83. The average molecular weight is 263 g/mol. The molecule has 0 amide bonds. The van der Waals surface area contributed by atoms with E-state index in [-0.39, 0.29) is 16.0 Å². The zero-order chi connectivity index (χ0) is 12.3. The highest BCUT2D eigenvalue weighted by atomic mass is 35.5. The monoisotopic (exact) mass is 262 g/mol. The van der Waals surface area contributed by atoms with Gasteiger partial charge in [-0.3, -0.25) is 0 Å². The number of benzene rings is 1. The third-order valence-electron chi connectivity index (χ3n) is 1.91. The molecule has 6 heteroatoms. The van der Waals surface area contributed by atoms with Crippen molar-refractivity contribution in [3.05, 3.63) is 28.8 Å². The van der Waals surface area contributed by atoms with Gasteiger partial charge in [-0.15, -0.1) is 0 Å². The maximum atomic E-state index is 11.8. The van der Waals surface area contributed by atoms with Gasteiger partial charge < -0.3 is 5.73 Å². The largest absolute Gasteiger partial charge is 0.326 e. The predicted octanol–water partition coefficient (Wildman–Crippen LogP) is 1.49. The van der Waals surface area contributed by atoms with Gasteiger partial charge in [0.15, 0.2) is 0 Å². The fraction of sp³-hybridized carbons (Fsp3) is 0.400. The van der Waals surface area contributed by atoms with Crippen molar-refractivity contribution >= 4 is 21.6 Å². The molecule has 0 unspecified atom stereocenters. The van der Waals surface area contributed by atoms with E-state index in [1.807, 2.05) is 0 Å². The molecule has 0 atom stereocenters. The van der Waals surface area contributed by atoms with Gasteiger partial charge in [-0.25, -0.2) is 13.1 Å². The van der Waals surface area contributed by atoms with Crippen molar-refractivity contribution in [3.8, 4) is 0 Å². The molecule has 0 fully saturated rings. The summed E-state index contributed by atoms with van der Waals surface area (Å²) in [6, 6.07) is 4.52. The smallest absolute Gasteiger partial charge is 0.242 e. The summed E-state index contributed by atoms with van der Waals surface area (Å²) in [5, 5.41) is 0.191. The molecule has 3 N–H and O–H groups in total. The molecule has 0 radical (unpaired) electrons. The molecule has 16 heavy (non-hydrogen) atoms. The fourth-order valence-electron chi connectivity index (χ4n) is 1.26. The highest BCUT2D eigenvalue weighted by Gasteiger charge is 2.18. The van der Waals surface area contributed by atoms with Crippen molar-refractivity contribution in [1.82, 2.24) is 4.72 Å². The van der Waals surface area contributed by atoms with E-state index < -0.39 is 10.0 Å². The number of sulfonamides is 1. The van der Waals surface area contributed by atoms with E-state index in [1.54, 1.807) is 26.0 Å². The number of hydrogen-bond acceptors (Lipinski definition) is 3. The number of hydrogen-bond donors (Lipinski definition) is 2. The van der Waals surface area contributed by atoms with E-state index in [0.717, 1.165) is 5.56 Å². The minimum atomic E-state index is -3.54. The van der Waals surface area contributed by atoms with Gasteiger partial charge >= 0.3 is 0 Å². The summed E-state index contributed by atoms with van der Waals surface area (Å²) >= 11 is 5.90. The first-order valence-corrected chi connectivity index (χ1v) is 6.73. The molecule has 1 rings (SSSR count). The van der Waals surface area contributed by atoms with Crippen molar-refractivity contribution in [2.45, 2.75) is 31.3 Å². The van der Waals surface area contributed by atoms with Crippen LogP contribution in [0.4, 0.5) is 0 Å². The molecule has 0 spiro atoms. The predicted molar refractivity (Wildman–Crippen MR) is 64.8 cm³/mol. The van der Waals surface area contributed by atoms with Gasteiger partial charge in [0.1, 0.15) is 4.90 Å². The Balaban J connectivity index is 3.14. The maximum Gasteiger partial charge on any atom is 0.242 e. The molecule has 0 saturated carbocycles. The Morgan fingerprint density at radius 1 is 1.44 bits per heavy atom. The average Bonchev–Trinajstić information content (AvgIpc) is 2.14. The Kier molecular flexibility index (Phi) is 4.32. The molecule has 0 aliphatic carbocycles. The third kappa shape index (κ3) is 3.18. The highest BCUT2D eigenvalue weighted by Crippen LogP contribution is 2.22. The van der Waals surface area contributed by atoms with Gasteiger partial charge in [0.25, 0.3) is 0 Å². The Morgan fingerprint density at radius 2 is 2.06 bits per heavy atom. The van der Waals surface area contributed by atoms with Gasteiger partial charge in [0.2, 0.25) is 10.0 Å². The van der Waals surface area contributed by atoms with E-state index >= 15 is 0 Å². The van der Waals surface area contributed by atoms with Crippen LogP contribution in [0.5, 0.6) is 0 Å². The van der Waals surface area contributed by atoms with Gasteiger partial charge in [-0.05, 0) is 31.5 Å². The summed E-state index contributed by atoms with van der Waals surface area (Å²) in [7, 11) is -3.54. The van der Waals surface area contributed by atoms with Crippen LogP contribution in [-0.2, 0) is 16.6 Å². The molecule has 0 aliphatic rings. The van der Waals surface area contributed by atoms with Crippen LogP contribution in [-0.4, -0.2) is 14.5 Å². The number of halogens is 1. The molecule has 4 nitrogen and oxygen atoms in total. The van der Waals surface area contributed by atoms with Gasteiger partial charge in [-0.1, -0.05) is 17.7 Å². The standard InChI is InChI=1S/C10H15ClN2O2S/c1-7(2)13-16(14,15)10-4-3-8(6-12)5-9(10)11/h3-5,7,13H,6,12H2,1-2H3. The van der Waals surface area contributed by atoms with E-state index in [4.69, 9.17) is 17.3 Å². The second kappa shape index (κ2) is 5.14. The Hall–Kier alpha value is -0.620. The van der Waals surface area contributed by atoms with Crippen LogP contribution in [0, 0.1) is 0 Å². The lowest BCUT2D eigenvalue weighted by Crippen LogP contribution is -2.30. The van der Waals surface area contributed by atoms with Crippen molar-refractivity contribution in [2.75, 3.05) is 0 Å². The molecule has 0 aliphatic heterocycles. The topological polar surface area (TPSA) is 72.2 Å². The van der Waals surface area contributed by atoms with Crippen LogP contribution in [0.3, 0.4) is 0 Å². The lowest BCUT2D eigenvalue weighted by Gasteiger charge is -2.11. The van der Waals surface area contributed by atoms with Crippen LogP contribution in [0.15, 0.2) is 23.1 Å². The van der Waals surface area contributed by atoms with E-state index in [1.165, 1.54) is 6.07 Å². The molecule has 1 aromatic carbocycles. The number of nitrogens with two attached hydrogens (primary N) is 1. The molecular weight excluding hydrogens is 248 g/mol. The van der Waals surface area contributed by atoms with Crippen molar-refractivity contribution in [2.24, 2.45) is 5.73 Å². The van der Waals surface area contributed by atoms with Crippen molar-refractivity contribution in [3.63, 3.8) is 0 Å². The van der Waals surface area contributed by atoms with Crippen LogP contribution >= 0.6 is 11.6 Å². The SMILES string of the molecule is CC(C)NS(=O)(=O)c1ccc(CN)cc1Cl. The minimum Gasteiger partial charge on any atom is -0.326 e. The lowest BCUT2D eigenvalue weighted by atomic mass is 10.2.